The Balaban J connectivity index is 2.55. The molecule has 1 aromatic heterocycles. The van der Waals surface area contributed by atoms with Gasteiger partial charge in [0.05, 0.1) is 6.61 Å². The van der Waals surface area contributed by atoms with Crippen LogP contribution in [0.25, 0.3) is 0 Å². The molecule has 1 fully saturated rings. The fraction of sp³-hybridized carbons (Fsp3) is 0.600. The van der Waals surface area contributed by atoms with Gasteiger partial charge in [-0.05, 0) is 0 Å². The number of aromatic nitrogens is 2. The minimum atomic E-state index is -4.29. The summed E-state index contributed by atoms with van der Waals surface area (Å²) in [5, 5.41) is 18.3. The Morgan fingerprint density at radius 3 is 2.48 bits per heavy atom. The van der Waals surface area contributed by atoms with Crippen molar-refractivity contribution < 1.29 is 32.5 Å². The van der Waals surface area contributed by atoms with Gasteiger partial charge in [0.2, 0.25) is 6.23 Å². The predicted octanol–water partition coefficient (Wildman–Crippen LogP) is -0.942. The second-order valence-corrected chi connectivity index (χ2v) is 4.48. The van der Waals surface area contributed by atoms with E-state index in [-0.39, 0.29) is 4.57 Å². The number of nitrogens with one attached hydrogen (secondary N) is 1. The summed E-state index contributed by atoms with van der Waals surface area (Å²) >= 11 is 0. The van der Waals surface area contributed by atoms with E-state index in [1.807, 2.05) is 0 Å². The molecule has 0 amide bonds. The second kappa shape index (κ2) is 4.93. The third kappa shape index (κ3) is 2.17. The summed E-state index contributed by atoms with van der Waals surface area (Å²) in [4.78, 5) is 24.0. The molecule has 0 radical (unpaired) electrons. The fourth-order valence-corrected chi connectivity index (χ4v) is 2.03. The number of nitrogens with zero attached hydrogens (tertiary/aromatic N) is 1. The standard InChI is InChI=1S/C10H10F4N2O5/c11-6(12)9(3-17)5(19)10(13,14)7(21-9)16-2-1-4(18)15-8(16)20/h1-2,5-7,17,19H,3H2,(H,15,18,20)/t5-,7-,9-/m1/s1. The van der Waals surface area contributed by atoms with Crippen LogP contribution in [-0.2, 0) is 4.74 Å². The van der Waals surface area contributed by atoms with Crippen molar-refractivity contribution in [3.05, 3.63) is 33.1 Å². The van der Waals surface area contributed by atoms with Gasteiger partial charge in [-0.3, -0.25) is 14.3 Å². The molecule has 1 aromatic rings. The van der Waals surface area contributed by atoms with E-state index in [1.165, 1.54) is 0 Å². The molecule has 0 spiro atoms. The number of rotatable bonds is 3. The zero-order valence-corrected chi connectivity index (χ0v) is 10.2. The molecule has 2 rings (SSSR count). The molecule has 0 aliphatic carbocycles. The molecule has 0 unspecified atom stereocenters. The number of aliphatic hydroxyl groups excluding tert-OH is 2. The van der Waals surface area contributed by atoms with Crippen molar-refractivity contribution in [2.24, 2.45) is 0 Å². The lowest BCUT2D eigenvalue weighted by molar-refractivity contribution is -0.196. The molecule has 1 aliphatic heterocycles. The summed E-state index contributed by atoms with van der Waals surface area (Å²) in [6.45, 7) is -1.59. The Morgan fingerprint density at radius 2 is 2.05 bits per heavy atom. The van der Waals surface area contributed by atoms with Gasteiger partial charge in [-0.1, -0.05) is 0 Å². The monoisotopic (exact) mass is 314 g/mol. The van der Waals surface area contributed by atoms with Crippen molar-refractivity contribution in [1.29, 1.82) is 0 Å². The number of halogens is 4. The quantitative estimate of drug-likeness (QED) is 0.625. The van der Waals surface area contributed by atoms with Crippen molar-refractivity contribution >= 4 is 0 Å². The van der Waals surface area contributed by atoms with E-state index in [0.29, 0.717) is 12.3 Å². The van der Waals surface area contributed by atoms with Crippen LogP contribution in [0.5, 0.6) is 0 Å². The van der Waals surface area contributed by atoms with Crippen LogP contribution < -0.4 is 11.2 Å². The van der Waals surface area contributed by atoms with Crippen molar-refractivity contribution in [3.63, 3.8) is 0 Å². The van der Waals surface area contributed by atoms with Gasteiger partial charge in [-0.2, -0.15) is 8.78 Å². The van der Waals surface area contributed by atoms with Gasteiger partial charge in [0, 0.05) is 12.3 Å². The molecule has 11 heteroatoms. The summed E-state index contributed by atoms with van der Waals surface area (Å²) in [6, 6.07) is 0.703. The molecule has 118 valence electrons. The molecule has 1 saturated heterocycles. The van der Waals surface area contributed by atoms with Gasteiger partial charge < -0.3 is 14.9 Å². The first-order valence-corrected chi connectivity index (χ1v) is 5.61. The van der Waals surface area contributed by atoms with E-state index in [2.05, 4.69) is 4.74 Å². The van der Waals surface area contributed by atoms with Gasteiger partial charge in [0.1, 0.15) is 0 Å². The van der Waals surface area contributed by atoms with Gasteiger partial charge in [0.15, 0.2) is 11.7 Å². The van der Waals surface area contributed by atoms with Crippen molar-refractivity contribution in [2.45, 2.75) is 30.3 Å². The number of aromatic amines is 1. The lowest BCUT2D eigenvalue weighted by Crippen LogP contribution is -2.53. The first kappa shape index (κ1) is 15.7. The SMILES string of the molecule is O=c1ccn([C@@H]2O[C@@](CO)(C(F)F)[C@@H](O)C2(F)F)c(=O)[nH]1. The minimum Gasteiger partial charge on any atom is -0.393 e. The number of hydrogen-bond donors (Lipinski definition) is 3. The Morgan fingerprint density at radius 1 is 1.43 bits per heavy atom. The Hall–Kier alpha value is -1.72. The van der Waals surface area contributed by atoms with Gasteiger partial charge >= 0.3 is 11.6 Å². The number of ether oxygens (including phenoxy) is 1. The Labute approximate surface area is 113 Å². The smallest absolute Gasteiger partial charge is 0.330 e. The summed E-state index contributed by atoms with van der Waals surface area (Å²) in [6.07, 6.45) is -8.66. The van der Waals surface area contributed by atoms with E-state index in [0.717, 1.165) is 0 Å². The van der Waals surface area contributed by atoms with Gasteiger partial charge in [-0.25, -0.2) is 13.6 Å². The molecular formula is C10H10F4N2O5. The minimum absolute atomic E-state index is 0.157. The van der Waals surface area contributed by atoms with Crippen molar-refractivity contribution in [3.8, 4) is 0 Å². The predicted molar refractivity (Wildman–Crippen MR) is 58.2 cm³/mol. The van der Waals surface area contributed by atoms with Crippen LogP contribution in [0.2, 0.25) is 0 Å². The lowest BCUT2D eigenvalue weighted by Gasteiger charge is -2.28. The molecule has 0 aromatic carbocycles. The van der Waals surface area contributed by atoms with Crippen LogP contribution >= 0.6 is 0 Å². The zero-order chi connectivity index (χ0) is 16.0. The number of alkyl halides is 4. The number of hydrogen-bond acceptors (Lipinski definition) is 5. The maximum absolute atomic E-state index is 13.9. The fourth-order valence-electron chi connectivity index (χ4n) is 2.03. The van der Waals surface area contributed by atoms with E-state index >= 15 is 0 Å². The molecule has 7 nitrogen and oxygen atoms in total. The molecule has 3 N–H and O–H groups in total. The van der Waals surface area contributed by atoms with Crippen LogP contribution in [0.1, 0.15) is 6.23 Å². The molecule has 0 bridgehead atoms. The largest absolute Gasteiger partial charge is 0.393 e. The highest BCUT2D eigenvalue weighted by Gasteiger charge is 2.70. The Bertz CT molecular complexity index is 645. The third-order valence-electron chi connectivity index (χ3n) is 3.21. The van der Waals surface area contributed by atoms with Crippen LogP contribution in [0, 0.1) is 0 Å². The first-order chi connectivity index (χ1) is 9.66. The highest BCUT2D eigenvalue weighted by Crippen LogP contribution is 2.49. The van der Waals surface area contributed by atoms with E-state index in [4.69, 9.17) is 5.11 Å². The molecule has 2 heterocycles. The lowest BCUT2D eigenvalue weighted by atomic mass is 9.96. The first-order valence-electron chi connectivity index (χ1n) is 5.61. The van der Waals surface area contributed by atoms with Crippen molar-refractivity contribution in [2.75, 3.05) is 6.61 Å². The van der Waals surface area contributed by atoms with E-state index in [9.17, 15) is 32.3 Å². The highest BCUT2D eigenvalue weighted by molar-refractivity contribution is 5.07. The maximum Gasteiger partial charge on any atom is 0.330 e. The average molecular weight is 314 g/mol. The number of H-pyrrole nitrogens is 1. The summed E-state index contributed by atoms with van der Waals surface area (Å²) in [5.41, 5.74) is -5.45. The van der Waals surface area contributed by atoms with Crippen LogP contribution in [0.4, 0.5) is 17.6 Å². The summed E-state index contributed by atoms with van der Waals surface area (Å²) in [7, 11) is 0. The van der Waals surface area contributed by atoms with Gasteiger partial charge in [-0.15, -0.1) is 0 Å². The topological polar surface area (TPSA) is 105 Å². The van der Waals surface area contributed by atoms with Gasteiger partial charge in [0.25, 0.3) is 12.0 Å². The van der Waals surface area contributed by atoms with E-state index in [1.54, 1.807) is 4.98 Å². The third-order valence-corrected chi connectivity index (χ3v) is 3.21. The highest BCUT2D eigenvalue weighted by atomic mass is 19.3. The molecule has 21 heavy (non-hydrogen) atoms. The molecule has 0 saturated carbocycles. The molecule has 3 atom stereocenters. The van der Waals surface area contributed by atoms with Crippen molar-refractivity contribution in [1.82, 2.24) is 9.55 Å². The maximum atomic E-state index is 13.9. The van der Waals surface area contributed by atoms with Crippen LogP contribution in [0.3, 0.4) is 0 Å². The van der Waals surface area contributed by atoms with E-state index < -0.39 is 48.1 Å². The van der Waals surface area contributed by atoms with Crippen LogP contribution in [-0.4, -0.2) is 50.4 Å². The summed E-state index contributed by atoms with van der Waals surface area (Å²) < 4.78 is 58.3. The summed E-state index contributed by atoms with van der Waals surface area (Å²) in [5.74, 6) is -4.29. The second-order valence-electron chi connectivity index (χ2n) is 4.48. The zero-order valence-electron chi connectivity index (χ0n) is 10.2. The average Bonchev–Trinajstić information content (AvgIpc) is 2.60. The molecular weight excluding hydrogens is 304 g/mol. The Kier molecular flexibility index (Phi) is 3.68. The van der Waals surface area contributed by atoms with Crippen LogP contribution in [0.15, 0.2) is 21.9 Å². The number of aliphatic hydroxyl groups is 2. The molecule has 1 aliphatic rings. The normalized spacial score (nSPS) is 31.8.